The fraction of sp³-hybridized carbons (Fsp3) is 0.550. The summed E-state index contributed by atoms with van der Waals surface area (Å²) >= 11 is 0. The van der Waals surface area contributed by atoms with Gasteiger partial charge in [0.15, 0.2) is 6.10 Å². The van der Waals surface area contributed by atoms with Crippen molar-refractivity contribution in [2.45, 2.75) is 59.2 Å². The van der Waals surface area contributed by atoms with Gasteiger partial charge in [0, 0.05) is 11.1 Å². The second-order valence-electron chi connectivity index (χ2n) is 7.74. The summed E-state index contributed by atoms with van der Waals surface area (Å²) in [7, 11) is 1.54. The van der Waals surface area contributed by atoms with E-state index in [-0.39, 0.29) is 11.8 Å². The van der Waals surface area contributed by atoms with Crippen molar-refractivity contribution in [1.82, 2.24) is 10.6 Å². The van der Waals surface area contributed by atoms with Crippen molar-refractivity contribution in [3.8, 4) is 5.75 Å². The summed E-state index contributed by atoms with van der Waals surface area (Å²) in [6.07, 6.45) is -0.962. The Morgan fingerprint density at radius 1 is 1.00 bits per heavy atom. The van der Waals surface area contributed by atoms with Crippen molar-refractivity contribution < 1.29 is 23.9 Å². The SMILES string of the molecule is COc1ccc(C(=O)N[C@H](C(=O)O[C@@H](C)C(=O)NC(C)(C)C)C(C)C)cc1. The number of hydrogen-bond acceptors (Lipinski definition) is 5. The molecule has 7 nitrogen and oxygen atoms in total. The van der Waals surface area contributed by atoms with Crippen LogP contribution in [0.25, 0.3) is 0 Å². The van der Waals surface area contributed by atoms with Gasteiger partial charge in [-0.1, -0.05) is 13.8 Å². The lowest BCUT2D eigenvalue weighted by Crippen LogP contribution is -2.50. The minimum absolute atomic E-state index is 0.211. The van der Waals surface area contributed by atoms with E-state index < -0.39 is 29.6 Å². The van der Waals surface area contributed by atoms with E-state index in [0.29, 0.717) is 11.3 Å². The molecule has 2 N–H and O–H groups in total. The smallest absolute Gasteiger partial charge is 0.329 e. The number of carbonyl (C=O) groups is 3. The number of rotatable bonds is 7. The third-order valence-corrected chi connectivity index (χ3v) is 3.72. The van der Waals surface area contributed by atoms with Crippen molar-refractivity contribution in [3.05, 3.63) is 29.8 Å². The average Bonchev–Trinajstić information content (AvgIpc) is 2.57. The van der Waals surface area contributed by atoms with E-state index in [1.807, 2.05) is 20.8 Å². The van der Waals surface area contributed by atoms with Gasteiger partial charge in [-0.2, -0.15) is 0 Å². The molecule has 0 saturated carbocycles. The second-order valence-corrected chi connectivity index (χ2v) is 7.74. The lowest BCUT2D eigenvalue weighted by atomic mass is 10.0. The molecule has 1 aromatic rings. The molecule has 0 aromatic heterocycles. The topological polar surface area (TPSA) is 93.7 Å². The van der Waals surface area contributed by atoms with Crippen molar-refractivity contribution in [2.24, 2.45) is 5.92 Å². The maximum atomic E-state index is 12.5. The first-order chi connectivity index (χ1) is 12.4. The third-order valence-electron chi connectivity index (χ3n) is 3.72. The zero-order valence-electron chi connectivity index (χ0n) is 17.1. The molecule has 0 aliphatic heterocycles. The van der Waals surface area contributed by atoms with Gasteiger partial charge < -0.3 is 20.1 Å². The monoisotopic (exact) mass is 378 g/mol. The zero-order chi connectivity index (χ0) is 20.8. The Morgan fingerprint density at radius 2 is 1.56 bits per heavy atom. The molecule has 1 rings (SSSR count). The van der Waals surface area contributed by atoms with Crippen LogP contribution in [0.3, 0.4) is 0 Å². The Kier molecular flexibility index (Phi) is 7.82. The zero-order valence-corrected chi connectivity index (χ0v) is 17.1. The molecule has 7 heteroatoms. The van der Waals surface area contributed by atoms with Gasteiger partial charge in [0.1, 0.15) is 11.8 Å². The predicted molar refractivity (Wildman–Crippen MR) is 103 cm³/mol. The van der Waals surface area contributed by atoms with Gasteiger partial charge in [-0.25, -0.2) is 4.79 Å². The quantitative estimate of drug-likeness (QED) is 0.710. The van der Waals surface area contributed by atoms with Crippen molar-refractivity contribution in [2.75, 3.05) is 7.11 Å². The number of benzene rings is 1. The van der Waals surface area contributed by atoms with E-state index in [2.05, 4.69) is 10.6 Å². The molecular formula is C20H30N2O5. The van der Waals surface area contributed by atoms with E-state index in [1.165, 1.54) is 14.0 Å². The van der Waals surface area contributed by atoms with E-state index in [0.717, 1.165) is 0 Å². The highest BCUT2D eigenvalue weighted by Gasteiger charge is 2.30. The number of amides is 2. The van der Waals surface area contributed by atoms with Gasteiger partial charge in [-0.15, -0.1) is 0 Å². The Labute approximate surface area is 160 Å². The van der Waals surface area contributed by atoms with Crippen molar-refractivity contribution >= 4 is 17.8 Å². The molecule has 0 unspecified atom stereocenters. The highest BCUT2D eigenvalue weighted by molar-refractivity contribution is 5.97. The first-order valence-electron chi connectivity index (χ1n) is 8.92. The van der Waals surface area contributed by atoms with Crippen LogP contribution in [0, 0.1) is 5.92 Å². The maximum Gasteiger partial charge on any atom is 0.329 e. The molecule has 0 fully saturated rings. The fourth-order valence-electron chi connectivity index (χ4n) is 2.24. The van der Waals surface area contributed by atoms with Crippen LogP contribution in [0.15, 0.2) is 24.3 Å². The Hall–Kier alpha value is -2.57. The van der Waals surface area contributed by atoms with Crippen molar-refractivity contribution in [1.29, 1.82) is 0 Å². The van der Waals surface area contributed by atoms with Crippen LogP contribution in [-0.2, 0) is 14.3 Å². The van der Waals surface area contributed by atoms with Crippen LogP contribution >= 0.6 is 0 Å². The molecule has 27 heavy (non-hydrogen) atoms. The van der Waals surface area contributed by atoms with Crippen LogP contribution in [-0.4, -0.2) is 42.6 Å². The molecule has 0 saturated heterocycles. The Balaban J connectivity index is 2.77. The molecule has 2 atom stereocenters. The fourth-order valence-corrected chi connectivity index (χ4v) is 2.24. The molecule has 1 aromatic carbocycles. The lowest BCUT2D eigenvalue weighted by Gasteiger charge is -2.25. The second kappa shape index (κ2) is 9.39. The molecule has 0 spiro atoms. The van der Waals surface area contributed by atoms with E-state index in [4.69, 9.17) is 9.47 Å². The number of ether oxygens (including phenoxy) is 2. The number of methoxy groups -OCH3 is 1. The van der Waals surface area contributed by atoms with Crippen LogP contribution in [0.2, 0.25) is 0 Å². The van der Waals surface area contributed by atoms with E-state index in [1.54, 1.807) is 38.1 Å². The van der Waals surface area contributed by atoms with Gasteiger partial charge in [-0.05, 0) is 57.9 Å². The van der Waals surface area contributed by atoms with Gasteiger partial charge >= 0.3 is 5.97 Å². The molecule has 0 heterocycles. The summed E-state index contributed by atoms with van der Waals surface area (Å²) in [6.45, 7) is 10.6. The lowest BCUT2D eigenvalue weighted by molar-refractivity contribution is -0.158. The largest absolute Gasteiger partial charge is 0.497 e. The highest BCUT2D eigenvalue weighted by atomic mass is 16.5. The van der Waals surface area contributed by atoms with E-state index >= 15 is 0 Å². The number of esters is 1. The molecule has 0 radical (unpaired) electrons. The van der Waals surface area contributed by atoms with Gasteiger partial charge in [0.25, 0.3) is 11.8 Å². The van der Waals surface area contributed by atoms with Gasteiger partial charge in [0.2, 0.25) is 0 Å². The summed E-state index contributed by atoms with van der Waals surface area (Å²) < 4.78 is 10.3. The van der Waals surface area contributed by atoms with Crippen LogP contribution in [0.1, 0.15) is 51.9 Å². The summed E-state index contributed by atoms with van der Waals surface area (Å²) in [5.74, 6) is -1.02. The standard InChI is InChI=1S/C20H30N2O5/c1-12(2)16(19(25)27-13(3)17(23)22-20(4,5)6)21-18(24)14-8-10-15(26-7)11-9-14/h8-13,16H,1-7H3,(H,21,24)(H,22,23)/t13-,16-/m0/s1. The highest BCUT2D eigenvalue weighted by Crippen LogP contribution is 2.13. The molecular weight excluding hydrogens is 348 g/mol. The minimum Gasteiger partial charge on any atom is -0.497 e. The third kappa shape index (κ3) is 7.29. The van der Waals surface area contributed by atoms with Crippen molar-refractivity contribution in [3.63, 3.8) is 0 Å². The van der Waals surface area contributed by atoms with Gasteiger partial charge in [0.05, 0.1) is 7.11 Å². The summed E-state index contributed by atoms with van der Waals surface area (Å²) in [6, 6.07) is 5.67. The Bertz CT molecular complexity index is 662. The summed E-state index contributed by atoms with van der Waals surface area (Å²) in [4.78, 5) is 37.0. The predicted octanol–water partition coefficient (Wildman–Crippen LogP) is 2.30. The molecule has 150 valence electrons. The maximum absolute atomic E-state index is 12.5. The molecule has 2 amide bonds. The molecule has 0 bridgehead atoms. The number of carbonyl (C=O) groups excluding carboxylic acids is 3. The van der Waals surface area contributed by atoms with Crippen LogP contribution in [0.4, 0.5) is 0 Å². The van der Waals surface area contributed by atoms with Crippen LogP contribution < -0.4 is 15.4 Å². The molecule has 0 aliphatic rings. The minimum atomic E-state index is -0.962. The summed E-state index contributed by atoms with van der Waals surface area (Å²) in [5, 5.41) is 5.43. The van der Waals surface area contributed by atoms with Gasteiger partial charge in [-0.3, -0.25) is 9.59 Å². The first kappa shape index (κ1) is 22.5. The number of nitrogens with one attached hydrogen (secondary N) is 2. The van der Waals surface area contributed by atoms with E-state index in [9.17, 15) is 14.4 Å². The Morgan fingerprint density at radius 3 is 2.00 bits per heavy atom. The van der Waals surface area contributed by atoms with Crippen LogP contribution in [0.5, 0.6) is 5.75 Å². The normalized spacial score (nSPS) is 13.5. The average molecular weight is 378 g/mol. The first-order valence-corrected chi connectivity index (χ1v) is 8.92. The summed E-state index contributed by atoms with van der Waals surface area (Å²) in [5.41, 5.74) is -0.0367. The number of hydrogen-bond donors (Lipinski definition) is 2. The molecule has 0 aliphatic carbocycles.